The number of nitrogens with two attached hydrogens (primary N) is 1. The summed E-state index contributed by atoms with van der Waals surface area (Å²) in [6.07, 6.45) is 6.86. The van der Waals surface area contributed by atoms with Gasteiger partial charge in [-0.05, 0) is 24.5 Å². The van der Waals surface area contributed by atoms with E-state index in [0.717, 1.165) is 31.7 Å². The van der Waals surface area contributed by atoms with Gasteiger partial charge in [0.05, 0.1) is 0 Å². The zero-order valence-corrected chi connectivity index (χ0v) is 12.0. The highest BCUT2D eigenvalue weighted by Crippen LogP contribution is 2.40. The van der Waals surface area contributed by atoms with Crippen LogP contribution in [0.3, 0.4) is 0 Å². The molecule has 1 atom stereocenters. The summed E-state index contributed by atoms with van der Waals surface area (Å²) in [5.41, 5.74) is 6.65. The van der Waals surface area contributed by atoms with Crippen molar-refractivity contribution in [3.05, 3.63) is 34.6 Å². The van der Waals surface area contributed by atoms with Crippen molar-refractivity contribution in [3.63, 3.8) is 0 Å². The summed E-state index contributed by atoms with van der Waals surface area (Å²) >= 11 is 0. The quantitative estimate of drug-likeness (QED) is 0.667. The van der Waals surface area contributed by atoms with Gasteiger partial charge in [-0.25, -0.2) is 13.2 Å². The zero-order chi connectivity index (χ0) is 15.0. The molecule has 5 heteroatoms. The molecule has 116 valence electrons. The molecule has 1 aliphatic heterocycles. The van der Waals surface area contributed by atoms with Crippen molar-refractivity contribution in [1.29, 1.82) is 0 Å². The van der Waals surface area contributed by atoms with Gasteiger partial charge in [0.1, 0.15) is 0 Å². The second kappa shape index (κ2) is 5.97. The van der Waals surface area contributed by atoms with Crippen LogP contribution in [0, 0.1) is 17.5 Å². The molecule has 2 N–H and O–H groups in total. The number of rotatable bonds is 2. The van der Waals surface area contributed by atoms with E-state index >= 15 is 0 Å². The van der Waals surface area contributed by atoms with Gasteiger partial charge in [0.2, 0.25) is 0 Å². The van der Waals surface area contributed by atoms with Gasteiger partial charge in [-0.1, -0.05) is 25.7 Å². The molecule has 1 fully saturated rings. The predicted octanol–water partition coefficient (Wildman–Crippen LogP) is 3.64. The first-order valence-electron chi connectivity index (χ1n) is 7.75. The maximum atomic E-state index is 14.0. The number of nitrogens with zero attached hydrogens (tertiary/aromatic N) is 1. The lowest BCUT2D eigenvalue weighted by Gasteiger charge is -2.32. The largest absolute Gasteiger partial charge is 0.329 e. The molecule has 0 spiro atoms. The van der Waals surface area contributed by atoms with E-state index in [1.807, 2.05) is 0 Å². The fourth-order valence-electron chi connectivity index (χ4n) is 3.82. The average Bonchev–Trinajstić information content (AvgIpc) is 2.66. The van der Waals surface area contributed by atoms with Crippen molar-refractivity contribution in [2.75, 3.05) is 6.54 Å². The Morgan fingerprint density at radius 2 is 1.71 bits per heavy atom. The van der Waals surface area contributed by atoms with Crippen LogP contribution in [-0.2, 0) is 6.54 Å². The van der Waals surface area contributed by atoms with Gasteiger partial charge >= 0.3 is 0 Å². The van der Waals surface area contributed by atoms with Gasteiger partial charge in [0.25, 0.3) is 0 Å². The molecule has 1 saturated carbocycles. The summed E-state index contributed by atoms with van der Waals surface area (Å²) in [5, 5.41) is 0. The SMILES string of the molecule is NCC1c2cc(F)c(F)c(F)c2CN1C1CCCCCC1. The third kappa shape index (κ3) is 2.57. The number of hydrogen-bond donors (Lipinski definition) is 1. The lowest BCUT2D eigenvalue weighted by atomic mass is 10.0. The second-order valence-electron chi connectivity index (χ2n) is 6.12. The predicted molar refractivity (Wildman–Crippen MR) is 75.1 cm³/mol. The molecule has 21 heavy (non-hydrogen) atoms. The van der Waals surface area contributed by atoms with Gasteiger partial charge in [0.15, 0.2) is 17.5 Å². The van der Waals surface area contributed by atoms with Gasteiger partial charge in [0, 0.05) is 30.7 Å². The third-order valence-electron chi connectivity index (χ3n) is 4.92. The number of fused-ring (bicyclic) bond motifs is 1. The average molecular weight is 298 g/mol. The number of halogens is 3. The Hall–Kier alpha value is -1.07. The maximum Gasteiger partial charge on any atom is 0.194 e. The Balaban J connectivity index is 1.93. The molecule has 1 aromatic rings. The van der Waals surface area contributed by atoms with Gasteiger partial charge in [-0.2, -0.15) is 0 Å². The van der Waals surface area contributed by atoms with E-state index < -0.39 is 17.5 Å². The Kier molecular flexibility index (Phi) is 4.22. The van der Waals surface area contributed by atoms with E-state index in [2.05, 4.69) is 4.90 Å². The Morgan fingerprint density at radius 3 is 2.33 bits per heavy atom. The fraction of sp³-hybridized carbons (Fsp3) is 0.625. The van der Waals surface area contributed by atoms with Crippen LogP contribution in [0.4, 0.5) is 13.2 Å². The molecule has 0 bridgehead atoms. The summed E-state index contributed by atoms with van der Waals surface area (Å²) in [6.45, 7) is 0.638. The molecular weight excluding hydrogens is 277 g/mol. The topological polar surface area (TPSA) is 29.3 Å². The standard InChI is InChI=1S/C16H21F3N2/c17-13-7-11-12(15(18)16(13)19)9-21(14(11)8-20)10-5-3-1-2-4-6-10/h7,10,14H,1-6,8-9,20H2. The number of hydrogen-bond acceptors (Lipinski definition) is 2. The van der Waals surface area contributed by atoms with Crippen molar-refractivity contribution >= 4 is 0 Å². The van der Waals surface area contributed by atoms with E-state index in [1.54, 1.807) is 0 Å². The van der Waals surface area contributed by atoms with Crippen molar-refractivity contribution < 1.29 is 13.2 Å². The summed E-state index contributed by atoms with van der Waals surface area (Å²) in [6, 6.07) is 1.26. The molecule has 1 unspecified atom stereocenters. The van der Waals surface area contributed by atoms with E-state index in [-0.39, 0.29) is 11.6 Å². The molecule has 0 amide bonds. The van der Waals surface area contributed by atoms with Crippen LogP contribution in [0.2, 0.25) is 0 Å². The van der Waals surface area contributed by atoms with E-state index in [0.29, 0.717) is 24.7 Å². The highest BCUT2D eigenvalue weighted by Gasteiger charge is 2.37. The smallest absolute Gasteiger partial charge is 0.194 e. The van der Waals surface area contributed by atoms with Crippen LogP contribution in [0.1, 0.15) is 55.7 Å². The summed E-state index contributed by atoms with van der Waals surface area (Å²) in [5.74, 6) is -3.53. The normalized spacial score (nSPS) is 24.1. The van der Waals surface area contributed by atoms with Crippen molar-refractivity contribution in [3.8, 4) is 0 Å². The lowest BCUT2D eigenvalue weighted by Crippen LogP contribution is -2.36. The Morgan fingerprint density at radius 1 is 1.05 bits per heavy atom. The molecule has 2 aliphatic rings. The molecular formula is C16H21F3N2. The molecule has 3 rings (SSSR count). The van der Waals surface area contributed by atoms with Crippen LogP contribution in [-0.4, -0.2) is 17.5 Å². The molecule has 0 saturated heterocycles. The van der Waals surface area contributed by atoms with Crippen LogP contribution in [0.5, 0.6) is 0 Å². The highest BCUT2D eigenvalue weighted by atomic mass is 19.2. The van der Waals surface area contributed by atoms with Crippen molar-refractivity contribution in [2.24, 2.45) is 5.73 Å². The second-order valence-corrected chi connectivity index (χ2v) is 6.12. The van der Waals surface area contributed by atoms with Gasteiger partial charge in [-0.3, -0.25) is 4.90 Å². The van der Waals surface area contributed by atoms with Crippen LogP contribution in [0.15, 0.2) is 6.07 Å². The van der Waals surface area contributed by atoms with Crippen LogP contribution < -0.4 is 5.73 Å². The molecule has 1 heterocycles. The minimum absolute atomic E-state index is 0.201. The summed E-state index contributed by atoms with van der Waals surface area (Å²) in [7, 11) is 0. The fourth-order valence-corrected chi connectivity index (χ4v) is 3.82. The minimum Gasteiger partial charge on any atom is -0.329 e. The first-order valence-corrected chi connectivity index (χ1v) is 7.75. The van der Waals surface area contributed by atoms with Gasteiger partial charge < -0.3 is 5.73 Å². The van der Waals surface area contributed by atoms with Crippen molar-refractivity contribution in [2.45, 2.75) is 57.2 Å². The third-order valence-corrected chi connectivity index (χ3v) is 4.92. The van der Waals surface area contributed by atoms with Gasteiger partial charge in [-0.15, -0.1) is 0 Å². The lowest BCUT2D eigenvalue weighted by molar-refractivity contribution is 0.134. The van der Waals surface area contributed by atoms with Crippen LogP contribution in [0.25, 0.3) is 0 Å². The first-order chi connectivity index (χ1) is 10.1. The minimum atomic E-state index is -1.37. The molecule has 1 aliphatic carbocycles. The maximum absolute atomic E-state index is 14.0. The van der Waals surface area contributed by atoms with Crippen LogP contribution >= 0.6 is 0 Å². The number of benzene rings is 1. The van der Waals surface area contributed by atoms with E-state index in [4.69, 9.17) is 5.73 Å². The highest BCUT2D eigenvalue weighted by molar-refractivity contribution is 5.37. The first kappa shape index (κ1) is 14.9. The van der Waals surface area contributed by atoms with Crippen molar-refractivity contribution in [1.82, 2.24) is 4.90 Å². The summed E-state index contributed by atoms with van der Waals surface area (Å²) < 4.78 is 41.0. The molecule has 0 radical (unpaired) electrons. The molecule has 1 aromatic carbocycles. The molecule has 0 aromatic heterocycles. The molecule has 2 nitrogen and oxygen atoms in total. The Bertz CT molecular complexity index is 525. The monoisotopic (exact) mass is 298 g/mol. The van der Waals surface area contributed by atoms with E-state index in [1.165, 1.54) is 12.8 Å². The zero-order valence-electron chi connectivity index (χ0n) is 12.0. The van der Waals surface area contributed by atoms with E-state index in [9.17, 15) is 13.2 Å². The Labute approximate surface area is 123 Å². The summed E-state index contributed by atoms with van der Waals surface area (Å²) in [4.78, 5) is 2.15.